The number of esters is 1. The Morgan fingerprint density at radius 1 is 1.00 bits per heavy atom. The van der Waals surface area contributed by atoms with Crippen molar-refractivity contribution in [3.8, 4) is 17.2 Å². The summed E-state index contributed by atoms with van der Waals surface area (Å²) in [5, 5.41) is 0. The van der Waals surface area contributed by atoms with Gasteiger partial charge < -0.3 is 23.5 Å². The first-order valence-corrected chi connectivity index (χ1v) is 12.2. The summed E-state index contributed by atoms with van der Waals surface area (Å²) >= 11 is 0. The Kier molecular flexibility index (Phi) is 7.67. The number of imidazole rings is 1. The van der Waals surface area contributed by atoms with Crippen LogP contribution in [0.15, 0.2) is 36.4 Å². The number of anilines is 1. The molecule has 3 aromatic rings. The zero-order chi connectivity index (χ0) is 25.8. The minimum absolute atomic E-state index is 0.165. The Labute approximate surface area is 210 Å². The molecule has 2 unspecified atom stereocenters. The SMILES string of the molecule is CCCCCN1C(=O)C(C(=O)OCC)C(c2cc(OC)c(OC)c(OC)c2)n2c1nc1ccccc12. The molecule has 192 valence electrons. The van der Waals surface area contributed by atoms with E-state index in [2.05, 4.69) is 6.92 Å². The Balaban J connectivity index is 2.00. The second-order valence-electron chi connectivity index (χ2n) is 8.60. The highest BCUT2D eigenvalue weighted by atomic mass is 16.5. The van der Waals surface area contributed by atoms with Crippen molar-refractivity contribution in [3.05, 3.63) is 42.0 Å². The maximum absolute atomic E-state index is 14.0. The van der Waals surface area contributed by atoms with Crippen molar-refractivity contribution in [1.82, 2.24) is 9.55 Å². The average Bonchev–Trinajstić information content (AvgIpc) is 3.27. The van der Waals surface area contributed by atoms with Crippen LogP contribution in [0.1, 0.15) is 44.7 Å². The largest absolute Gasteiger partial charge is 0.493 e. The molecule has 2 aromatic carbocycles. The number of hydrogen-bond acceptors (Lipinski definition) is 7. The van der Waals surface area contributed by atoms with E-state index in [1.54, 1.807) is 24.0 Å². The van der Waals surface area contributed by atoms with E-state index in [4.69, 9.17) is 23.9 Å². The lowest BCUT2D eigenvalue weighted by Crippen LogP contribution is -2.50. The van der Waals surface area contributed by atoms with E-state index in [9.17, 15) is 9.59 Å². The number of nitrogens with zero attached hydrogens (tertiary/aromatic N) is 3. The summed E-state index contributed by atoms with van der Waals surface area (Å²) in [4.78, 5) is 33.8. The molecule has 0 saturated heterocycles. The summed E-state index contributed by atoms with van der Waals surface area (Å²) in [5.41, 5.74) is 2.20. The van der Waals surface area contributed by atoms with Crippen molar-refractivity contribution in [1.29, 1.82) is 0 Å². The minimum atomic E-state index is -1.11. The number of hydrogen-bond donors (Lipinski definition) is 0. The minimum Gasteiger partial charge on any atom is -0.493 e. The van der Waals surface area contributed by atoms with Gasteiger partial charge in [-0.25, -0.2) is 4.98 Å². The monoisotopic (exact) mass is 495 g/mol. The smallest absolute Gasteiger partial charge is 0.321 e. The van der Waals surface area contributed by atoms with Gasteiger partial charge in [0.05, 0.1) is 45.0 Å². The van der Waals surface area contributed by atoms with Crippen molar-refractivity contribution in [2.75, 3.05) is 39.4 Å². The third-order valence-electron chi connectivity index (χ3n) is 6.50. The molecule has 1 amide bonds. The normalized spacial score (nSPS) is 17.1. The Morgan fingerprint density at radius 3 is 2.31 bits per heavy atom. The van der Waals surface area contributed by atoms with Gasteiger partial charge in [-0.15, -0.1) is 0 Å². The molecule has 0 spiro atoms. The van der Waals surface area contributed by atoms with Crippen molar-refractivity contribution in [2.24, 2.45) is 5.92 Å². The highest BCUT2D eigenvalue weighted by molar-refractivity contribution is 6.08. The predicted molar refractivity (Wildman–Crippen MR) is 136 cm³/mol. The van der Waals surface area contributed by atoms with Gasteiger partial charge >= 0.3 is 5.97 Å². The lowest BCUT2D eigenvalue weighted by molar-refractivity contribution is -0.153. The molecule has 9 nitrogen and oxygen atoms in total. The molecule has 9 heteroatoms. The van der Waals surface area contributed by atoms with E-state index < -0.39 is 17.9 Å². The fraction of sp³-hybridized carbons (Fsp3) is 0.444. The van der Waals surface area contributed by atoms with E-state index in [1.807, 2.05) is 28.8 Å². The lowest BCUT2D eigenvalue weighted by Gasteiger charge is -2.38. The number of amides is 1. The van der Waals surface area contributed by atoms with Gasteiger partial charge in [0.25, 0.3) is 0 Å². The summed E-state index contributed by atoms with van der Waals surface area (Å²) in [6.45, 7) is 4.47. The summed E-state index contributed by atoms with van der Waals surface area (Å²) in [5.74, 6) is -0.223. The molecule has 2 atom stereocenters. The molecule has 36 heavy (non-hydrogen) atoms. The summed E-state index contributed by atoms with van der Waals surface area (Å²) in [6.07, 6.45) is 2.77. The van der Waals surface area contributed by atoms with E-state index in [0.29, 0.717) is 35.3 Å². The van der Waals surface area contributed by atoms with Crippen LogP contribution in [-0.2, 0) is 14.3 Å². The number of carbonyl (C=O) groups is 2. The molecule has 4 rings (SSSR count). The molecule has 0 N–H and O–H groups in total. The third kappa shape index (κ3) is 4.34. The maximum Gasteiger partial charge on any atom is 0.321 e. The third-order valence-corrected chi connectivity index (χ3v) is 6.50. The van der Waals surface area contributed by atoms with Crippen LogP contribution in [0.5, 0.6) is 17.2 Å². The van der Waals surface area contributed by atoms with Gasteiger partial charge in [-0.05, 0) is 43.2 Å². The fourth-order valence-electron chi connectivity index (χ4n) is 4.85. The Bertz CT molecular complexity index is 1230. The van der Waals surface area contributed by atoms with Gasteiger partial charge in [0.1, 0.15) is 0 Å². The Hall–Kier alpha value is -3.75. The van der Waals surface area contributed by atoms with Gasteiger partial charge in [0, 0.05) is 6.54 Å². The van der Waals surface area contributed by atoms with Crippen LogP contribution < -0.4 is 19.1 Å². The van der Waals surface area contributed by atoms with E-state index in [0.717, 1.165) is 30.3 Å². The molecule has 2 heterocycles. The zero-order valence-electron chi connectivity index (χ0n) is 21.4. The van der Waals surface area contributed by atoms with Crippen LogP contribution in [0.4, 0.5) is 5.95 Å². The summed E-state index contributed by atoms with van der Waals surface area (Å²) in [6, 6.07) is 10.5. The molecule has 0 aliphatic carbocycles. The van der Waals surface area contributed by atoms with Crippen LogP contribution in [-0.4, -0.2) is 55.9 Å². The second-order valence-corrected chi connectivity index (χ2v) is 8.60. The number of para-hydroxylation sites is 2. The highest BCUT2D eigenvalue weighted by Crippen LogP contribution is 2.46. The lowest BCUT2D eigenvalue weighted by atomic mass is 9.88. The zero-order valence-corrected chi connectivity index (χ0v) is 21.4. The summed E-state index contributed by atoms with van der Waals surface area (Å²) in [7, 11) is 4.59. The second kappa shape index (κ2) is 10.9. The maximum atomic E-state index is 14.0. The van der Waals surface area contributed by atoms with E-state index in [-0.39, 0.29) is 12.5 Å². The van der Waals surface area contributed by atoms with Crippen LogP contribution in [0.2, 0.25) is 0 Å². The number of aromatic nitrogens is 2. The van der Waals surface area contributed by atoms with Crippen LogP contribution in [0, 0.1) is 5.92 Å². The van der Waals surface area contributed by atoms with E-state index in [1.165, 1.54) is 21.3 Å². The number of fused-ring (bicyclic) bond motifs is 3. The van der Waals surface area contributed by atoms with Gasteiger partial charge in [-0.1, -0.05) is 31.9 Å². The molecule has 0 saturated carbocycles. The predicted octanol–water partition coefficient (Wildman–Crippen LogP) is 4.37. The quantitative estimate of drug-likeness (QED) is 0.234. The van der Waals surface area contributed by atoms with Crippen molar-refractivity contribution >= 4 is 28.9 Å². The molecule has 0 fully saturated rings. The first-order chi connectivity index (χ1) is 17.5. The average molecular weight is 496 g/mol. The standard InChI is InChI=1S/C27H33N3O6/c1-6-8-11-14-29-25(31)22(26(32)36-7-2)23(30-19-13-10-9-12-18(19)28-27(29)30)17-15-20(33-3)24(35-5)21(16-17)34-4/h9-10,12-13,15-16,22-23H,6-8,11,14H2,1-5H3. The molecular formula is C27H33N3O6. The van der Waals surface area contributed by atoms with E-state index >= 15 is 0 Å². The van der Waals surface area contributed by atoms with Gasteiger partial charge in [0.2, 0.25) is 17.6 Å². The number of unbranched alkanes of at least 4 members (excludes halogenated alkanes) is 2. The fourth-order valence-corrected chi connectivity index (χ4v) is 4.85. The first kappa shape index (κ1) is 25.3. The van der Waals surface area contributed by atoms with Gasteiger partial charge in [-0.3, -0.25) is 14.5 Å². The molecule has 0 radical (unpaired) electrons. The molecule has 0 bridgehead atoms. The number of benzene rings is 2. The topological polar surface area (TPSA) is 92.1 Å². The van der Waals surface area contributed by atoms with Crippen molar-refractivity contribution in [3.63, 3.8) is 0 Å². The number of rotatable bonds is 10. The van der Waals surface area contributed by atoms with Crippen LogP contribution in [0.3, 0.4) is 0 Å². The highest BCUT2D eigenvalue weighted by Gasteiger charge is 2.48. The Morgan fingerprint density at radius 2 is 1.69 bits per heavy atom. The molecule has 1 aliphatic rings. The van der Waals surface area contributed by atoms with Crippen LogP contribution >= 0.6 is 0 Å². The molecule has 1 aliphatic heterocycles. The van der Waals surface area contributed by atoms with Crippen molar-refractivity contribution in [2.45, 2.75) is 39.2 Å². The van der Waals surface area contributed by atoms with Crippen LogP contribution in [0.25, 0.3) is 11.0 Å². The number of carbonyl (C=O) groups excluding carboxylic acids is 2. The number of methoxy groups -OCH3 is 3. The van der Waals surface area contributed by atoms with Gasteiger partial charge in [-0.2, -0.15) is 0 Å². The summed E-state index contributed by atoms with van der Waals surface area (Å²) < 4.78 is 24.1. The van der Waals surface area contributed by atoms with Crippen molar-refractivity contribution < 1.29 is 28.5 Å². The first-order valence-electron chi connectivity index (χ1n) is 12.2. The molecule has 1 aromatic heterocycles. The number of ether oxygens (including phenoxy) is 4. The van der Waals surface area contributed by atoms with Gasteiger partial charge in [0.15, 0.2) is 17.4 Å². The molecular weight excluding hydrogens is 462 g/mol.